The molecule has 3 N–H and O–H groups in total. The van der Waals surface area contributed by atoms with Gasteiger partial charge in [0.25, 0.3) is 0 Å². The Balaban J connectivity index is 1.39. The number of morpholine rings is 1. The summed E-state index contributed by atoms with van der Waals surface area (Å²) in [6.45, 7) is 5.78. The molecule has 1 aromatic rings. The predicted molar refractivity (Wildman–Crippen MR) is 111 cm³/mol. The number of nitrogens with zero attached hydrogens (tertiary/aromatic N) is 2. The normalized spacial score (nSPS) is 23.2. The number of aliphatic imine (C=N–C) groups is 1. The Bertz CT molecular complexity index is 660. The van der Waals surface area contributed by atoms with Crippen molar-refractivity contribution >= 4 is 11.6 Å². The number of hydrogen-bond donors (Lipinski definition) is 2. The van der Waals surface area contributed by atoms with Gasteiger partial charge in [-0.3, -0.25) is 9.89 Å². The number of guanidine groups is 1. The monoisotopic (exact) mass is 370 g/mol. The van der Waals surface area contributed by atoms with Crippen molar-refractivity contribution in [2.24, 2.45) is 16.1 Å². The van der Waals surface area contributed by atoms with Crippen molar-refractivity contribution in [1.29, 1.82) is 0 Å². The highest BCUT2D eigenvalue weighted by molar-refractivity contribution is 5.92. The third-order valence-electron chi connectivity index (χ3n) is 6.53. The molecule has 1 heterocycles. The van der Waals surface area contributed by atoms with Gasteiger partial charge in [0.2, 0.25) is 0 Å². The van der Waals surface area contributed by atoms with Gasteiger partial charge in [-0.2, -0.15) is 0 Å². The summed E-state index contributed by atoms with van der Waals surface area (Å²) < 4.78 is 5.52. The molecule has 2 fully saturated rings. The summed E-state index contributed by atoms with van der Waals surface area (Å²) in [5.41, 5.74) is 10.6. The fourth-order valence-corrected chi connectivity index (χ4v) is 4.99. The van der Waals surface area contributed by atoms with Crippen LogP contribution in [0.1, 0.15) is 49.7 Å². The minimum atomic E-state index is 0.278. The molecule has 0 aromatic heterocycles. The second-order valence-corrected chi connectivity index (χ2v) is 8.61. The second kappa shape index (κ2) is 8.61. The first-order valence-corrected chi connectivity index (χ1v) is 10.7. The van der Waals surface area contributed by atoms with E-state index in [9.17, 15) is 0 Å². The van der Waals surface area contributed by atoms with E-state index in [2.05, 4.69) is 28.4 Å². The standard InChI is InChI=1S/C22H34N4O/c23-21(25-20-8-7-18-5-4-6-19(18)15-20)24-16-22(9-2-1-3-10-22)17-26-11-13-27-14-12-26/h7-8,15H,1-6,9-14,16-17H2,(H3,23,24,25). The van der Waals surface area contributed by atoms with Gasteiger partial charge in [0.05, 0.1) is 13.2 Å². The number of rotatable bonds is 5. The van der Waals surface area contributed by atoms with Crippen LogP contribution in [0.25, 0.3) is 0 Å². The molecule has 3 aliphatic rings. The highest BCUT2D eigenvalue weighted by Gasteiger charge is 2.34. The van der Waals surface area contributed by atoms with Gasteiger partial charge in [-0.1, -0.05) is 25.3 Å². The molecule has 1 aromatic carbocycles. The van der Waals surface area contributed by atoms with Crippen molar-refractivity contribution < 1.29 is 4.74 Å². The number of nitrogens with two attached hydrogens (primary N) is 1. The molecule has 0 bridgehead atoms. The summed E-state index contributed by atoms with van der Waals surface area (Å²) in [5.74, 6) is 0.555. The van der Waals surface area contributed by atoms with Crippen LogP contribution in [0.2, 0.25) is 0 Å². The quantitative estimate of drug-likeness (QED) is 0.617. The van der Waals surface area contributed by atoms with Gasteiger partial charge in [-0.15, -0.1) is 0 Å². The number of benzene rings is 1. The minimum Gasteiger partial charge on any atom is -0.379 e. The van der Waals surface area contributed by atoms with Gasteiger partial charge in [0, 0.05) is 37.3 Å². The molecule has 1 aliphatic heterocycles. The Kier molecular flexibility index (Phi) is 5.98. The van der Waals surface area contributed by atoms with E-state index in [-0.39, 0.29) is 5.41 Å². The van der Waals surface area contributed by atoms with Gasteiger partial charge in [-0.25, -0.2) is 0 Å². The minimum absolute atomic E-state index is 0.278. The molecule has 5 nitrogen and oxygen atoms in total. The number of fused-ring (bicyclic) bond motifs is 1. The Morgan fingerprint density at radius 1 is 1.07 bits per heavy atom. The van der Waals surface area contributed by atoms with Gasteiger partial charge < -0.3 is 15.8 Å². The highest BCUT2D eigenvalue weighted by Crippen LogP contribution is 2.37. The summed E-state index contributed by atoms with van der Waals surface area (Å²) >= 11 is 0. The van der Waals surface area contributed by atoms with E-state index in [0.717, 1.165) is 45.1 Å². The molecule has 2 aliphatic carbocycles. The highest BCUT2D eigenvalue weighted by atomic mass is 16.5. The van der Waals surface area contributed by atoms with Crippen LogP contribution in [0.15, 0.2) is 23.2 Å². The lowest BCUT2D eigenvalue weighted by Crippen LogP contribution is -2.46. The molecular weight excluding hydrogens is 336 g/mol. The lowest BCUT2D eigenvalue weighted by Gasteiger charge is -2.41. The third kappa shape index (κ3) is 4.82. The van der Waals surface area contributed by atoms with Gasteiger partial charge in [0.1, 0.15) is 0 Å². The maximum atomic E-state index is 6.27. The fraction of sp³-hybridized carbons (Fsp3) is 0.682. The van der Waals surface area contributed by atoms with Crippen LogP contribution >= 0.6 is 0 Å². The fourth-order valence-electron chi connectivity index (χ4n) is 4.99. The van der Waals surface area contributed by atoms with E-state index in [0.29, 0.717) is 5.96 Å². The molecule has 27 heavy (non-hydrogen) atoms. The number of aryl methyl sites for hydroxylation is 2. The smallest absolute Gasteiger partial charge is 0.193 e. The largest absolute Gasteiger partial charge is 0.379 e. The van der Waals surface area contributed by atoms with Crippen molar-refractivity contribution in [2.75, 3.05) is 44.7 Å². The number of nitrogens with one attached hydrogen (secondary N) is 1. The summed E-state index contributed by atoms with van der Waals surface area (Å²) in [6.07, 6.45) is 10.2. The average Bonchev–Trinajstić information content (AvgIpc) is 3.16. The topological polar surface area (TPSA) is 62.9 Å². The maximum absolute atomic E-state index is 6.27. The van der Waals surface area contributed by atoms with Crippen LogP contribution in [0.3, 0.4) is 0 Å². The van der Waals surface area contributed by atoms with Gasteiger partial charge in [0.15, 0.2) is 5.96 Å². The zero-order valence-electron chi connectivity index (χ0n) is 16.5. The predicted octanol–water partition coefficient (Wildman–Crippen LogP) is 3.18. The van der Waals surface area contributed by atoms with Crippen LogP contribution in [-0.4, -0.2) is 50.3 Å². The maximum Gasteiger partial charge on any atom is 0.193 e. The molecule has 5 heteroatoms. The molecular formula is C22H34N4O. The lowest BCUT2D eigenvalue weighted by atomic mass is 9.73. The molecule has 0 radical (unpaired) electrons. The second-order valence-electron chi connectivity index (χ2n) is 8.61. The summed E-state index contributed by atoms with van der Waals surface area (Å²) in [4.78, 5) is 7.36. The van der Waals surface area contributed by atoms with Gasteiger partial charge >= 0.3 is 0 Å². The molecule has 1 saturated heterocycles. The molecule has 0 amide bonds. The van der Waals surface area contributed by atoms with E-state index < -0.39 is 0 Å². The van der Waals surface area contributed by atoms with Crippen molar-refractivity contribution in [1.82, 2.24) is 4.90 Å². The molecule has 0 unspecified atom stereocenters. The van der Waals surface area contributed by atoms with Crippen molar-refractivity contribution in [3.63, 3.8) is 0 Å². The van der Waals surface area contributed by atoms with Crippen molar-refractivity contribution in [2.45, 2.75) is 51.4 Å². The number of ether oxygens (including phenoxy) is 1. The summed E-state index contributed by atoms with van der Waals surface area (Å²) in [6, 6.07) is 6.62. The molecule has 0 spiro atoms. The first-order valence-electron chi connectivity index (χ1n) is 10.7. The Morgan fingerprint density at radius 3 is 2.67 bits per heavy atom. The van der Waals surface area contributed by atoms with Crippen molar-refractivity contribution in [3.05, 3.63) is 29.3 Å². The summed E-state index contributed by atoms with van der Waals surface area (Å²) in [7, 11) is 0. The Hall–Kier alpha value is -1.59. The van der Waals surface area contributed by atoms with E-state index in [1.165, 1.54) is 62.5 Å². The SMILES string of the molecule is NC(=NCC1(CN2CCOCC2)CCCCC1)Nc1ccc2c(c1)CCC2. The van der Waals surface area contributed by atoms with Gasteiger partial charge in [-0.05, 0) is 55.4 Å². The molecule has 1 saturated carbocycles. The van der Waals surface area contributed by atoms with Crippen LogP contribution in [-0.2, 0) is 17.6 Å². The number of anilines is 1. The molecule has 4 rings (SSSR count). The van der Waals surface area contributed by atoms with E-state index >= 15 is 0 Å². The first-order chi connectivity index (χ1) is 13.2. The zero-order chi connectivity index (χ0) is 18.5. The average molecular weight is 371 g/mol. The van der Waals surface area contributed by atoms with Crippen LogP contribution < -0.4 is 11.1 Å². The van der Waals surface area contributed by atoms with Crippen LogP contribution in [0, 0.1) is 5.41 Å². The van der Waals surface area contributed by atoms with E-state index in [1.807, 2.05) is 0 Å². The zero-order valence-corrected chi connectivity index (χ0v) is 16.5. The molecule has 0 atom stereocenters. The van der Waals surface area contributed by atoms with Crippen molar-refractivity contribution in [3.8, 4) is 0 Å². The Morgan fingerprint density at radius 2 is 1.85 bits per heavy atom. The van der Waals surface area contributed by atoms with Crippen LogP contribution in [0.5, 0.6) is 0 Å². The summed E-state index contributed by atoms with van der Waals surface area (Å²) in [5, 5.41) is 3.33. The molecule has 148 valence electrons. The Labute approximate surface area is 163 Å². The number of hydrogen-bond acceptors (Lipinski definition) is 3. The van der Waals surface area contributed by atoms with E-state index in [4.69, 9.17) is 15.5 Å². The van der Waals surface area contributed by atoms with Crippen LogP contribution in [0.4, 0.5) is 5.69 Å². The third-order valence-corrected chi connectivity index (χ3v) is 6.53. The van der Waals surface area contributed by atoms with E-state index in [1.54, 1.807) is 0 Å². The first kappa shape index (κ1) is 18.8. The lowest BCUT2D eigenvalue weighted by molar-refractivity contribution is 0.00940.